The predicted octanol–water partition coefficient (Wildman–Crippen LogP) is 4.51. The topological polar surface area (TPSA) is 51.0 Å². The van der Waals surface area contributed by atoms with Gasteiger partial charge in [0.05, 0.1) is 22.0 Å². The van der Waals surface area contributed by atoms with Gasteiger partial charge in [-0.1, -0.05) is 12.8 Å². The summed E-state index contributed by atoms with van der Waals surface area (Å²) in [5.74, 6) is 2.97. The summed E-state index contributed by atoms with van der Waals surface area (Å²) in [6, 6.07) is 1.93. The Balaban J connectivity index is 2.12. The van der Waals surface area contributed by atoms with Gasteiger partial charge in [0.15, 0.2) is 5.82 Å². The van der Waals surface area contributed by atoms with E-state index in [0.29, 0.717) is 5.92 Å². The Morgan fingerprint density at radius 1 is 1.30 bits per heavy atom. The van der Waals surface area contributed by atoms with Crippen LogP contribution in [0.1, 0.15) is 43.1 Å². The Morgan fingerprint density at radius 2 is 2.05 bits per heavy atom. The number of halogens is 1. The molecular weight excluding hydrogens is 318 g/mol. The molecule has 0 spiro atoms. The van der Waals surface area contributed by atoms with Gasteiger partial charge in [0.2, 0.25) is 0 Å². The molecular formula is C15H18BrN3O. The van der Waals surface area contributed by atoms with Gasteiger partial charge < -0.3 is 9.73 Å². The van der Waals surface area contributed by atoms with E-state index in [1.807, 2.05) is 20.0 Å². The maximum atomic E-state index is 5.38. The summed E-state index contributed by atoms with van der Waals surface area (Å²) in [4.78, 5) is 9.41. The van der Waals surface area contributed by atoms with Gasteiger partial charge in [-0.05, 0) is 41.8 Å². The third-order valence-electron chi connectivity index (χ3n) is 3.96. The molecule has 0 bridgehead atoms. The SMILES string of the molecule is CNc1nc(-c2ccoc2C)nc(C2CCCC2)c1Br. The van der Waals surface area contributed by atoms with Crippen molar-refractivity contribution in [2.24, 2.45) is 0 Å². The van der Waals surface area contributed by atoms with Crippen LogP contribution in [0.25, 0.3) is 11.4 Å². The molecule has 2 heterocycles. The van der Waals surface area contributed by atoms with Gasteiger partial charge in [0.1, 0.15) is 11.6 Å². The first-order chi connectivity index (χ1) is 9.70. The minimum Gasteiger partial charge on any atom is -0.469 e. The van der Waals surface area contributed by atoms with Crippen molar-refractivity contribution >= 4 is 21.7 Å². The first-order valence-corrected chi connectivity index (χ1v) is 7.79. The zero-order valence-corrected chi connectivity index (χ0v) is 13.3. The van der Waals surface area contributed by atoms with E-state index in [0.717, 1.165) is 33.1 Å². The fourth-order valence-electron chi connectivity index (χ4n) is 2.84. The lowest BCUT2D eigenvalue weighted by Gasteiger charge is -2.15. The molecule has 0 atom stereocenters. The van der Waals surface area contributed by atoms with Crippen LogP contribution >= 0.6 is 15.9 Å². The second-order valence-electron chi connectivity index (χ2n) is 5.22. The standard InChI is InChI=1S/C15H18BrN3O/c1-9-11(7-8-20-9)14-18-13(10-5-3-4-6-10)12(16)15(17-2)19-14/h7-8,10H,3-6H2,1-2H3,(H,17,18,19). The zero-order valence-electron chi connectivity index (χ0n) is 11.7. The Hall–Kier alpha value is -1.36. The fourth-order valence-corrected chi connectivity index (χ4v) is 3.54. The molecule has 1 N–H and O–H groups in total. The van der Waals surface area contributed by atoms with Crippen LogP contribution in [0.15, 0.2) is 21.2 Å². The lowest BCUT2D eigenvalue weighted by atomic mass is 10.0. The van der Waals surface area contributed by atoms with Gasteiger partial charge >= 0.3 is 0 Å². The second kappa shape index (κ2) is 5.56. The van der Waals surface area contributed by atoms with Gasteiger partial charge in [0, 0.05) is 13.0 Å². The van der Waals surface area contributed by atoms with E-state index in [-0.39, 0.29) is 0 Å². The van der Waals surface area contributed by atoms with Crippen molar-refractivity contribution in [3.8, 4) is 11.4 Å². The summed E-state index contributed by atoms with van der Waals surface area (Å²) in [7, 11) is 1.89. The summed E-state index contributed by atoms with van der Waals surface area (Å²) in [5.41, 5.74) is 2.09. The smallest absolute Gasteiger partial charge is 0.165 e. The maximum Gasteiger partial charge on any atom is 0.165 e. The normalized spacial score (nSPS) is 15.8. The largest absolute Gasteiger partial charge is 0.469 e. The Bertz CT molecular complexity index is 618. The van der Waals surface area contributed by atoms with Crippen LogP contribution in [-0.2, 0) is 0 Å². The number of hydrogen-bond acceptors (Lipinski definition) is 4. The highest BCUT2D eigenvalue weighted by Gasteiger charge is 2.24. The first-order valence-electron chi connectivity index (χ1n) is 7.00. The Kier molecular flexibility index (Phi) is 3.78. The van der Waals surface area contributed by atoms with Crippen LogP contribution in [0, 0.1) is 6.92 Å². The lowest BCUT2D eigenvalue weighted by Crippen LogP contribution is -2.06. The number of hydrogen-bond donors (Lipinski definition) is 1. The number of nitrogens with zero attached hydrogens (tertiary/aromatic N) is 2. The maximum absolute atomic E-state index is 5.38. The highest BCUT2D eigenvalue weighted by molar-refractivity contribution is 9.10. The van der Waals surface area contributed by atoms with E-state index in [2.05, 4.69) is 26.2 Å². The van der Waals surface area contributed by atoms with Gasteiger partial charge in [-0.3, -0.25) is 0 Å². The van der Waals surface area contributed by atoms with Crippen molar-refractivity contribution in [1.29, 1.82) is 0 Å². The van der Waals surface area contributed by atoms with Crippen LogP contribution in [0.5, 0.6) is 0 Å². The van der Waals surface area contributed by atoms with Crippen LogP contribution in [-0.4, -0.2) is 17.0 Å². The minimum atomic E-state index is 0.533. The molecule has 1 aliphatic carbocycles. The first kappa shape index (κ1) is 13.6. The van der Waals surface area contributed by atoms with Crippen LogP contribution in [0.3, 0.4) is 0 Å². The molecule has 1 saturated carbocycles. The third kappa shape index (κ3) is 2.35. The number of furan rings is 1. The fraction of sp³-hybridized carbons (Fsp3) is 0.467. The van der Waals surface area contributed by atoms with Gasteiger partial charge in [-0.2, -0.15) is 0 Å². The molecule has 0 aromatic carbocycles. The van der Waals surface area contributed by atoms with Crippen molar-refractivity contribution in [2.75, 3.05) is 12.4 Å². The number of rotatable bonds is 3. The zero-order chi connectivity index (χ0) is 14.1. The van der Waals surface area contributed by atoms with Crippen molar-refractivity contribution in [3.05, 3.63) is 28.3 Å². The predicted molar refractivity (Wildman–Crippen MR) is 82.9 cm³/mol. The number of aromatic nitrogens is 2. The summed E-state index contributed by atoms with van der Waals surface area (Å²) in [6.07, 6.45) is 6.68. The molecule has 0 amide bonds. The van der Waals surface area contributed by atoms with Crippen molar-refractivity contribution in [2.45, 2.75) is 38.5 Å². The second-order valence-corrected chi connectivity index (χ2v) is 6.01. The van der Waals surface area contributed by atoms with Crippen molar-refractivity contribution < 1.29 is 4.42 Å². The molecule has 20 heavy (non-hydrogen) atoms. The monoisotopic (exact) mass is 335 g/mol. The molecule has 0 unspecified atom stereocenters. The average molecular weight is 336 g/mol. The quantitative estimate of drug-likeness (QED) is 0.896. The third-order valence-corrected chi connectivity index (χ3v) is 4.74. The lowest BCUT2D eigenvalue weighted by molar-refractivity contribution is 0.535. The summed E-state index contributed by atoms with van der Waals surface area (Å²) in [5, 5.41) is 3.15. The Morgan fingerprint density at radius 3 is 2.65 bits per heavy atom. The van der Waals surface area contributed by atoms with E-state index in [9.17, 15) is 0 Å². The number of anilines is 1. The van der Waals surface area contributed by atoms with E-state index >= 15 is 0 Å². The van der Waals surface area contributed by atoms with E-state index in [4.69, 9.17) is 9.40 Å². The Labute approximate surface area is 127 Å². The van der Waals surface area contributed by atoms with E-state index in [1.54, 1.807) is 6.26 Å². The van der Waals surface area contributed by atoms with E-state index < -0.39 is 0 Å². The molecule has 0 saturated heterocycles. The molecule has 2 aromatic heterocycles. The highest BCUT2D eigenvalue weighted by atomic mass is 79.9. The summed E-state index contributed by atoms with van der Waals surface area (Å²) < 4.78 is 6.37. The van der Waals surface area contributed by atoms with Crippen LogP contribution in [0.4, 0.5) is 5.82 Å². The molecule has 106 valence electrons. The molecule has 3 rings (SSSR count). The molecule has 1 fully saturated rings. The summed E-state index contributed by atoms with van der Waals surface area (Å²) in [6.45, 7) is 1.94. The van der Waals surface area contributed by atoms with E-state index in [1.165, 1.54) is 25.7 Å². The minimum absolute atomic E-state index is 0.533. The highest BCUT2D eigenvalue weighted by Crippen LogP contribution is 2.39. The van der Waals surface area contributed by atoms with Gasteiger partial charge in [0.25, 0.3) is 0 Å². The average Bonchev–Trinajstić information content (AvgIpc) is 3.10. The number of nitrogens with one attached hydrogen (secondary N) is 1. The summed E-state index contributed by atoms with van der Waals surface area (Å²) >= 11 is 3.66. The molecule has 4 nitrogen and oxygen atoms in total. The number of aryl methyl sites for hydroxylation is 1. The van der Waals surface area contributed by atoms with Crippen molar-refractivity contribution in [3.63, 3.8) is 0 Å². The molecule has 5 heteroatoms. The van der Waals surface area contributed by atoms with Crippen molar-refractivity contribution in [1.82, 2.24) is 9.97 Å². The molecule has 2 aromatic rings. The molecule has 1 aliphatic rings. The van der Waals surface area contributed by atoms with Crippen LogP contribution in [0.2, 0.25) is 0 Å². The van der Waals surface area contributed by atoms with Crippen LogP contribution < -0.4 is 5.32 Å². The molecule has 0 aliphatic heterocycles. The molecule has 0 radical (unpaired) electrons. The van der Waals surface area contributed by atoms with Gasteiger partial charge in [-0.15, -0.1) is 0 Å². The van der Waals surface area contributed by atoms with Gasteiger partial charge in [-0.25, -0.2) is 9.97 Å².